The summed E-state index contributed by atoms with van der Waals surface area (Å²) in [6.45, 7) is 5.84. The van der Waals surface area contributed by atoms with E-state index in [1.54, 1.807) is 0 Å². The Morgan fingerprint density at radius 2 is 1.73 bits per heavy atom. The predicted molar refractivity (Wildman–Crippen MR) is 122 cm³/mol. The van der Waals surface area contributed by atoms with E-state index in [-0.39, 0.29) is 36.3 Å². The van der Waals surface area contributed by atoms with Crippen LogP contribution in [0.4, 0.5) is 0 Å². The first-order valence-electron chi connectivity index (χ1n) is 11.6. The van der Waals surface area contributed by atoms with Crippen molar-refractivity contribution in [3.8, 4) is 0 Å². The molecule has 2 saturated heterocycles. The Morgan fingerprint density at radius 1 is 1.03 bits per heavy atom. The maximum atomic E-state index is 13.5. The molecule has 6 heteroatoms. The van der Waals surface area contributed by atoms with Gasteiger partial charge in [-0.05, 0) is 69.2 Å². The maximum Gasteiger partial charge on any atom is 0.254 e. The number of carbonyl (C=O) groups is 2. The first-order valence-corrected chi connectivity index (χ1v) is 11.6. The Kier molecular flexibility index (Phi) is 8.18. The largest absolute Gasteiger partial charge is 0.341 e. The third-order valence-electron chi connectivity index (χ3n) is 7.24. The van der Waals surface area contributed by atoms with E-state index in [0.717, 1.165) is 64.7 Å². The quantitative estimate of drug-likeness (QED) is 0.769. The summed E-state index contributed by atoms with van der Waals surface area (Å²) < 4.78 is 0. The van der Waals surface area contributed by atoms with Crippen LogP contribution < -0.4 is 5.32 Å². The van der Waals surface area contributed by atoms with Crippen LogP contribution in [0, 0.1) is 11.8 Å². The Bertz CT molecular complexity index is 706. The SMILES string of the molecule is CCNCC1CCN(C(=O)C2CC3CCCCC3N2C(=O)c2ccccc2)CC1.Cl. The number of halogens is 1. The van der Waals surface area contributed by atoms with Gasteiger partial charge in [-0.25, -0.2) is 0 Å². The molecule has 3 fully saturated rings. The van der Waals surface area contributed by atoms with Gasteiger partial charge in [-0.3, -0.25) is 9.59 Å². The van der Waals surface area contributed by atoms with Crippen LogP contribution in [0.3, 0.4) is 0 Å². The highest BCUT2D eigenvalue weighted by Gasteiger charge is 2.48. The van der Waals surface area contributed by atoms with Gasteiger partial charge in [-0.2, -0.15) is 0 Å². The normalized spacial score (nSPS) is 26.8. The van der Waals surface area contributed by atoms with Crippen LogP contribution in [0.2, 0.25) is 0 Å². The van der Waals surface area contributed by atoms with Crippen LogP contribution in [0.1, 0.15) is 62.2 Å². The third-order valence-corrected chi connectivity index (χ3v) is 7.24. The third kappa shape index (κ3) is 4.83. The van der Waals surface area contributed by atoms with Crippen LogP contribution in [0.5, 0.6) is 0 Å². The zero-order chi connectivity index (χ0) is 20.2. The molecule has 1 aromatic rings. The molecule has 1 aliphatic carbocycles. The van der Waals surface area contributed by atoms with E-state index < -0.39 is 0 Å². The molecule has 2 aliphatic heterocycles. The Hall–Kier alpha value is -1.59. The van der Waals surface area contributed by atoms with Gasteiger partial charge in [0.15, 0.2) is 0 Å². The molecule has 0 radical (unpaired) electrons. The van der Waals surface area contributed by atoms with Gasteiger partial charge in [-0.15, -0.1) is 12.4 Å². The molecule has 0 spiro atoms. The lowest BCUT2D eigenvalue weighted by atomic mass is 9.84. The summed E-state index contributed by atoms with van der Waals surface area (Å²) in [5, 5.41) is 3.43. The molecule has 3 unspecified atom stereocenters. The van der Waals surface area contributed by atoms with Gasteiger partial charge in [0.2, 0.25) is 5.91 Å². The van der Waals surface area contributed by atoms with Crippen LogP contribution in [0.25, 0.3) is 0 Å². The summed E-state index contributed by atoms with van der Waals surface area (Å²) in [4.78, 5) is 31.0. The molecule has 0 bridgehead atoms. The van der Waals surface area contributed by atoms with E-state index >= 15 is 0 Å². The van der Waals surface area contributed by atoms with E-state index in [2.05, 4.69) is 12.2 Å². The van der Waals surface area contributed by atoms with Crippen molar-refractivity contribution in [1.29, 1.82) is 0 Å². The van der Waals surface area contributed by atoms with Crippen LogP contribution in [-0.4, -0.2) is 59.9 Å². The number of benzene rings is 1. The minimum atomic E-state index is -0.277. The Morgan fingerprint density at radius 3 is 2.43 bits per heavy atom. The molecule has 1 saturated carbocycles. The highest BCUT2D eigenvalue weighted by atomic mass is 35.5. The van der Waals surface area contributed by atoms with E-state index in [4.69, 9.17) is 0 Å². The molecule has 2 heterocycles. The number of fused-ring (bicyclic) bond motifs is 1. The van der Waals surface area contributed by atoms with Crippen molar-refractivity contribution in [2.45, 2.75) is 64.0 Å². The minimum absolute atomic E-state index is 0. The molecule has 2 amide bonds. The van der Waals surface area contributed by atoms with Gasteiger partial charge in [0.1, 0.15) is 6.04 Å². The molecular weight excluding hydrogens is 398 g/mol. The minimum Gasteiger partial charge on any atom is -0.341 e. The average Bonchev–Trinajstić information content (AvgIpc) is 3.17. The number of likely N-dealkylation sites (tertiary alicyclic amines) is 2. The first kappa shape index (κ1) is 23.1. The van der Waals surface area contributed by atoms with Crippen LogP contribution >= 0.6 is 12.4 Å². The predicted octanol–water partition coefficient (Wildman–Crippen LogP) is 3.73. The Labute approximate surface area is 187 Å². The monoisotopic (exact) mass is 433 g/mol. The topological polar surface area (TPSA) is 52.7 Å². The standard InChI is InChI=1S/C24H35N3O2.ClH/c1-2-25-17-18-12-14-26(15-13-18)24(29)22-16-20-10-6-7-11-21(20)27(22)23(28)19-8-4-3-5-9-19;/h3-5,8-9,18,20-22,25H,2,6-7,10-17H2,1H3;1H. The Balaban J connectivity index is 0.00000256. The molecule has 4 rings (SSSR count). The number of hydrogen-bond donors (Lipinski definition) is 1. The number of carbonyl (C=O) groups excluding carboxylic acids is 2. The number of nitrogens with zero attached hydrogens (tertiary/aromatic N) is 2. The molecule has 1 aromatic carbocycles. The van der Waals surface area contributed by atoms with Gasteiger partial charge in [-0.1, -0.05) is 38.0 Å². The molecular formula is C24H36ClN3O2. The van der Waals surface area contributed by atoms with Gasteiger partial charge in [0.05, 0.1) is 0 Å². The number of amides is 2. The summed E-state index contributed by atoms with van der Waals surface area (Å²) in [7, 11) is 0. The number of rotatable bonds is 5. The van der Waals surface area contributed by atoms with Crippen molar-refractivity contribution in [1.82, 2.24) is 15.1 Å². The van der Waals surface area contributed by atoms with Crippen LogP contribution in [0.15, 0.2) is 30.3 Å². The fraction of sp³-hybridized carbons (Fsp3) is 0.667. The fourth-order valence-corrected chi connectivity index (χ4v) is 5.62. The van der Waals surface area contributed by atoms with Gasteiger partial charge >= 0.3 is 0 Å². The van der Waals surface area contributed by atoms with Crippen molar-refractivity contribution < 1.29 is 9.59 Å². The van der Waals surface area contributed by atoms with Crippen molar-refractivity contribution in [2.75, 3.05) is 26.2 Å². The highest BCUT2D eigenvalue weighted by molar-refractivity contribution is 5.98. The summed E-state index contributed by atoms with van der Waals surface area (Å²) in [5.74, 6) is 1.37. The second kappa shape index (κ2) is 10.6. The van der Waals surface area contributed by atoms with Crippen molar-refractivity contribution in [2.24, 2.45) is 11.8 Å². The smallest absolute Gasteiger partial charge is 0.254 e. The van der Waals surface area contributed by atoms with Crippen LogP contribution in [-0.2, 0) is 4.79 Å². The maximum absolute atomic E-state index is 13.5. The molecule has 166 valence electrons. The first-order chi connectivity index (χ1) is 14.2. The highest BCUT2D eigenvalue weighted by Crippen LogP contribution is 2.41. The molecule has 3 atom stereocenters. The van der Waals surface area contributed by atoms with E-state index in [9.17, 15) is 9.59 Å². The summed E-state index contributed by atoms with van der Waals surface area (Å²) in [6, 6.07) is 9.47. The summed E-state index contributed by atoms with van der Waals surface area (Å²) in [5.41, 5.74) is 0.709. The van der Waals surface area contributed by atoms with Gasteiger partial charge < -0.3 is 15.1 Å². The number of hydrogen-bond acceptors (Lipinski definition) is 3. The lowest BCUT2D eigenvalue weighted by Gasteiger charge is -2.37. The second-order valence-electron chi connectivity index (χ2n) is 9.02. The lowest BCUT2D eigenvalue weighted by Crippen LogP contribution is -2.52. The lowest BCUT2D eigenvalue weighted by molar-refractivity contribution is -0.137. The molecule has 3 aliphatic rings. The van der Waals surface area contributed by atoms with Gasteiger partial charge in [0.25, 0.3) is 5.91 Å². The van der Waals surface area contributed by atoms with E-state index in [1.807, 2.05) is 40.1 Å². The van der Waals surface area contributed by atoms with E-state index in [1.165, 1.54) is 6.42 Å². The molecule has 30 heavy (non-hydrogen) atoms. The zero-order valence-electron chi connectivity index (χ0n) is 18.1. The fourth-order valence-electron chi connectivity index (χ4n) is 5.62. The van der Waals surface area contributed by atoms with E-state index in [0.29, 0.717) is 17.4 Å². The molecule has 1 N–H and O–H groups in total. The van der Waals surface area contributed by atoms with Crippen molar-refractivity contribution in [3.63, 3.8) is 0 Å². The summed E-state index contributed by atoms with van der Waals surface area (Å²) >= 11 is 0. The average molecular weight is 434 g/mol. The second-order valence-corrected chi connectivity index (χ2v) is 9.02. The molecule has 0 aromatic heterocycles. The summed E-state index contributed by atoms with van der Waals surface area (Å²) in [6.07, 6.45) is 7.55. The zero-order valence-corrected chi connectivity index (χ0v) is 18.9. The van der Waals surface area contributed by atoms with Gasteiger partial charge in [0, 0.05) is 24.7 Å². The van der Waals surface area contributed by atoms with Crippen molar-refractivity contribution >= 4 is 24.2 Å². The number of nitrogens with one attached hydrogen (secondary N) is 1. The van der Waals surface area contributed by atoms with Crippen molar-refractivity contribution in [3.05, 3.63) is 35.9 Å². The number of piperidine rings is 1. The molecule has 5 nitrogen and oxygen atoms in total.